The Kier molecular flexibility index (Phi) is 3.54. The minimum atomic E-state index is -1.13. The van der Waals surface area contributed by atoms with Gasteiger partial charge in [-0.05, 0) is 17.5 Å². The van der Waals surface area contributed by atoms with Gasteiger partial charge < -0.3 is 9.63 Å². The zero-order chi connectivity index (χ0) is 11.4. The van der Waals surface area contributed by atoms with E-state index in [1.807, 2.05) is 0 Å². The molecular weight excluding hydrogens is 208 g/mol. The number of hydrogen-bond donors (Lipinski definition) is 1. The van der Waals surface area contributed by atoms with Gasteiger partial charge in [-0.25, -0.2) is 4.79 Å². The van der Waals surface area contributed by atoms with E-state index in [0.29, 0.717) is 12.3 Å². The molecule has 0 aromatic carbocycles. The van der Waals surface area contributed by atoms with Crippen LogP contribution in [0.1, 0.15) is 55.0 Å². The van der Waals surface area contributed by atoms with E-state index in [1.54, 1.807) is 0 Å². The topological polar surface area (TPSA) is 76.2 Å². The summed E-state index contributed by atoms with van der Waals surface area (Å²) in [5, 5.41) is 12.0. The molecule has 1 aliphatic carbocycles. The molecule has 1 aromatic rings. The summed E-state index contributed by atoms with van der Waals surface area (Å²) in [4.78, 5) is 14.4. The van der Waals surface area contributed by atoms with Crippen molar-refractivity contribution in [3.8, 4) is 0 Å². The highest BCUT2D eigenvalue weighted by molar-refractivity contribution is 5.82. The summed E-state index contributed by atoms with van der Waals surface area (Å²) in [6.45, 7) is 0. The molecule has 0 spiro atoms. The van der Waals surface area contributed by atoms with Crippen LogP contribution in [-0.2, 0) is 6.42 Å². The Morgan fingerprint density at radius 2 is 2.12 bits per heavy atom. The predicted molar refractivity (Wildman–Crippen MR) is 56.2 cm³/mol. The Hall–Kier alpha value is -1.39. The third-order valence-corrected chi connectivity index (χ3v) is 3.15. The summed E-state index contributed by atoms with van der Waals surface area (Å²) >= 11 is 0. The minimum Gasteiger partial charge on any atom is -0.475 e. The van der Waals surface area contributed by atoms with Crippen LogP contribution in [0.2, 0.25) is 0 Å². The summed E-state index contributed by atoms with van der Waals surface area (Å²) in [7, 11) is 0. The van der Waals surface area contributed by atoms with Crippen LogP contribution in [0.3, 0.4) is 0 Å². The molecule has 0 unspecified atom stereocenters. The van der Waals surface area contributed by atoms with Crippen molar-refractivity contribution < 1.29 is 14.4 Å². The highest BCUT2D eigenvalue weighted by atomic mass is 16.5. The van der Waals surface area contributed by atoms with Crippen molar-refractivity contribution in [2.45, 2.75) is 44.9 Å². The second-order valence-corrected chi connectivity index (χ2v) is 4.36. The number of aromatic carboxylic acids is 1. The Bertz CT molecular complexity index is 356. The first kappa shape index (κ1) is 11.1. The molecule has 1 heterocycles. The maximum absolute atomic E-state index is 10.5. The van der Waals surface area contributed by atoms with Crippen molar-refractivity contribution in [1.82, 2.24) is 10.1 Å². The molecule has 2 rings (SSSR count). The third-order valence-electron chi connectivity index (χ3n) is 3.15. The van der Waals surface area contributed by atoms with Crippen LogP contribution >= 0.6 is 0 Å². The first-order chi connectivity index (χ1) is 7.75. The first-order valence-electron chi connectivity index (χ1n) is 5.81. The summed E-state index contributed by atoms with van der Waals surface area (Å²) in [6, 6.07) is 0. The lowest BCUT2D eigenvalue weighted by Crippen LogP contribution is -2.07. The number of aromatic nitrogens is 2. The molecule has 0 atom stereocenters. The molecule has 0 radical (unpaired) electrons. The van der Waals surface area contributed by atoms with Crippen LogP contribution in [-0.4, -0.2) is 21.2 Å². The van der Waals surface area contributed by atoms with Crippen molar-refractivity contribution >= 4 is 5.97 Å². The quantitative estimate of drug-likeness (QED) is 0.849. The van der Waals surface area contributed by atoms with Crippen molar-refractivity contribution in [2.75, 3.05) is 0 Å². The van der Waals surface area contributed by atoms with Gasteiger partial charge in [0.1, 0.15) is 0 Å². The van der Waals surface area contributed by atoms with Crippen molar-refractivity contribution in [2.24, 2.45) is 5.92 Å². The minimum absolute atomic E-state index is 0.237. The zero-order valence-corrected chi connectivity index (χ0v) is 9.19. The SMILES string of the molecule is O=C(O)c1noc(CCC2CCCCC2)n1. The van der Waals surface area contributed by atoms with Crippen LogP contribution < -0.4 is 0 Å². The van der Waals surface area contributed by atoms with E-state index in [9.17, 15) is 4.79 Å². The summed E-state index contributed by atoms with van der Waals surface area (Å²) in [5.41, 5.74) is 0. The molecule has 0 aliphatic heterocycles. The lowest BCUT2D eigenvalue weighted by molar-refractivity contribution is 0.0680. The Morgan fingerprint density at radius 3 is 2.75 bits per heavy atom. The third kappa shape index (κ3) is 2.81. The van der Waals surface area contributed by atoms with E-state index in [4.69, 9.17) is 9.63 Å². The maximum atomic E-state index is 10.5. The molecule has 1 fully saturated rings. The van der Waals surface area contributed by atoms with Gasteiger partial charge in [0.2, 0.25) is 5.89 Å². The summed E-state index contributed by atoms with van der Waals surface area (Å²) < 4.78 is 4.88. The predicted octanol–water partition coefficient (Wildman–Crippen LogP) is 2.28. The lowest BCUT2D eigenvalue weighted by Gasteiger charge is -2.20. The van der Waals surface area contributed by atoms with Crippen LogP contribution in [0.5, 0.6) is 0 Å². The largest absolute Gasteiger partial charge is 0.475 e. The zero-order valence-electron chi connectivity index (χ0n) is 9.19. The molecule has 1 saturated carbocycles. The normalized spacial score (nSPS) is 17.5. The number of carbonyl (C=O) groups is 1. The molecule has 1 N–H and O–H groups in total. The van der Waals surface area contributed by atoms with Crippen molar-refractivity contribution in [3.63, 3.8) is 0 Å². The molecule has 1 aliphatic rings. The maximum Gasteiger partial charge on any atom is 0.377 e. The first-order valence-corrected chi connectivity index (χ1v) is 5.81. The molecule has 0 saturated heterocycles. The average molecular weight is 224 g/mol. The fourth-order valence-corrected chi connectivity index (χ4v) is 2.25. The molecule has 5 nitrogen and oxygen atoms in total. The fourth-order valence-electron chi connectivity index (χ4n) is 2.25. The standard InChI is InChI=1S/C11H16N2O3/c14-11(15)10-12-9(16-13-10)7-6-8-4-2-1-3-5-8/h8H,1-7H2,(H,14,15). The fraction of sp³-hybridized carbons (Fsp3) is 0.727. The van der Waals surface area contributed by atoms with Gasteiger partial charge >= 0.3 is 5.97 Å². The molecule has 0 amide bonds. The summed E-state index contributed by atoms with van der Waals surface area (Å²) in [6.07, 6.45) is 8.26. The highest BCUT2D eigenvalue weighted by Gasteiger charge is 2.16. The van der Waals surface area contributed by atoms with Gasteiger partial charge in [-0.15, -0.1) is 0 Å². The van der Waals surface area contributed by atoms with Crippen LogP contribution in [0.15, 0.2) is 4.52 Å². The van der Waals surface area contributed by atoms with Crippen molar-refractivity contribution in [1.29, 1.82) is 0 Å². The average Bonchev–Trinajstić information content (AvgIpc) is 2.76. The Morgan fingerprint density at radius 1 is 1.38 bits per heavy atom. The van der Waals surface area contributed by atoms with E-state index in [2.05, 4.69) is 10.1 Å². The number of hydrogen-bond acceptors (Lipinski definition) is 4. The van der Waals surface area contributed by atoms with Gasteiger partial charge in [0.25, 0.3) is 5.82 Å². The molecule has 5 heteroatoms. The van der Waals surface area contributed by atoms with Crippen LogP contribution in [0.25, 0.3) is 0 Å². The van der Waals surface area contributed by atoms with Gasteiger partial charge in [0.05, 0.1) is 0 Å². The molecule has 88 valence electrons. The van der Waals surface area contributed by atoms with E-state index in [1.165, 1.54) is 32.1 Å². The van der Waals surface area contributed by atoms with Gasteiger partial charge in [-0.1, -0.05) is 32.1 Å². The summed E-state index contributed by atoms with van der Waals surface area (Å²) in [5.74, 6) is -0.178. The van der Waals surface area contributed by atoms with E-state index in [0.717, 1.165) is 12.3 Å². The second-order valence-electron chi connectivity index (χ2n) is 4.36. The number of aryl methyl sites for hydroxylation is 1. The van der Waals surface area contributed by atoms with Gasteiger partial charge in [0, 0.05) is 6.42 Å². The number of carboxylic acids is 1. The Balaban J connectivity index is 1.81. The monoisotopic (exact) mass is 224 g/mol. The van der Waals surface area contributed by atoms with Gasteiger partial charge in [-0.3, -0.25) is 0 Å². The molecule has 16 heavy (non-hydrogen) atoms. The Labute approximate surface area is 93.9 Å². The second kappa shape index (κ2) is 5.09. The number of nitrogens with zero attached hydrogens (tertiary/aromatic N) is 2. The molecule has 0 bridgehead atoms. The molecular formula is C11H16N2O3. The molecule has 1 aromatic heterocycles. The number of carboxylic acid groups (broad SMARTS) is 1. The van der Waals surface area contributed by atoms with Crippen molar-refractivity contribution in [3.05, 3.63) is 11.7 Å². The van der Waals surface area contributed by atoms with Crippen LogP contribution in [0.4, 0.5) is 0 Å². The van der Waals surface area contributed by atoms with Gasteiger partial charge in [0.15, 0.2) is 0 Å². The van der Waals surface area contributed by atoms with Gasteiger partial charge in [-0.2, -0.15) is 4.98 Å². The van der Waals surface area contributed by atoms with E-state index < -0.39 is 5.97 Å². The van der Waals surface area contributed by atoms with E-state index in [-0.39, 0.29) is 5.82 Å². The number of rotatable bonds is 4. The van der Waals surface area contributed by atoms with Crippen LogP contribution in [0, 0.1) is 5.92 Å². The smallest absolute Gasteiger partial charge is 0.377 e. The highest BCUT2D eigenvalue weighted by Crippen LogP contribution is 2.27. The van der Waals surface area contributed by atoms with E-state index >= 15 is 0 Å². The lowest BCUT2D eigenvalue weighted by atomic mass is 9.86.